The molecule has 0 saturated heterocycles. The van der Waals surface area contributed by atoms with Gasteiger partial charge in [-0.2, -0.15) is 0 Å². The van der Waals surface area contributed by atoms with Gasteiger partial charge in [-0.05, 0) is 29.8 Å². The molecule has 0 aliphatic heterocycles. The number of aromatic nitrogens is 2. The molecule has 0 saturated carbocycles. The van der Waals surface area contributed by atoms with Crippen molar-refractivity contribution in [3.05, 3.63) is 42.2 Å². The van der Waals surface area contributed by atoms with Gasteiger partial charge in [0.1, 0.15) is 5.82 Å². The van der Waals surface area contributed by atoms with E-state index in [4.69, 9.17) is 0 Å². The summed E-state index contributed by atoms with van der Waals surface area (Å²) in [6.45, 7) is 11.4. The molecule has 0 unspecified atom stereocenters. The van der Waals surface area contributed by atoms with Crippen LogP contribution in [0.15, 0.2) is 36.4 Å². The van der Waals surface area contributed by atoms with Gasteiger partial charge in [0.25, 0.3) is 0 Å². The summed E-state index contributed by atoms with van der Waals surface area (Å²) < 4.78 is 1.65. The van der Waals surface area contributed by atoms with Crippen molar-refractivity contribution < 1.29 is 4.79 Å². The standard InChI is InChI=1S/C14H12N2O.2C2H6/c1-9-15-13-7-11-5-3-4-6-12(11)8-14(13)16(9)10(2)17;2*1-2/h3-8H,1-2H3;2*1-2H3. The molecule has 0 aliphatic carbocycles. The Morgan fingerprint density at radius 1 is 1.00 bits per heavy atom. The van der Waals surface area contributed by atoms with Gasteiger partial charge >= 0.3 is 0 Å². The van der Waals surface area contributed by atoms with Gasteiger partial charge in [0.15, 0.2) is 0 Å². The van der Waals surface area contributed by atoms with Crippen LogP contribution in [0.1, 0.15) is 45.2 Å². The average Bonchev–Trinajstić information content (AvgIpc) is 2.83. The maximum atomic E-state index is 11.6. The third-order valence-corrected chi connectivity index (χ3v) is 3.00. The fourth-order valence-corrected chi connectivity index (χ4v) is 2.28. The second-order valence-electron chi connectivity index (χ2n) is 4.20. The first-order chi connectivity index (χ1) is 10.2. The lowest BCUT2D eigenvalue weighted by Crippen LogP contribution is -2.07. The van der Waals surface area contributed by atoms with Gasteiger partial charge < -0.3 is 0 Å². The summed E-state index contributed by atoms with van der Waals surface area (Å²) in [4.78, 5) is 16.0. The SMILES string of the molecule is CC.CC.CC(=O)n1c(C)nc2cc3ccccc3cc21. The van der Waals surface area contributed by atoms with Crippen molar-refractivity contribution in [2.24, 2.45) is 0 Å². The third kappa shape index (κ3) is 3.30. The number of imidazole rings is 1. The second-order valence-corrected chi connectivity index (χ2v) is 4.20. The van der Waals surface area contributed by atoms with E-state index in [1.165, 1.54) is 0 Å². The smallest absolute Gasteiger partial charge is 0.229 e. The van der Waals surface area contributed by atoms with Crippen molar-refractivity contribution in [3.63, 3.8) is 0 Å². The number of aryl methyl sites for hydroxylation is 1. The molecule has 0 amide bonds. The van der Waals surface area contributed by atoms with E-state index in [1.54, 1.807) is 11.5 Å². The Balaban J connectivity index is 0.000000510. The van der Waals surface area contributed by atoms with Crippen LogP contribution in [0.25, 0.3) is 21.8 Å². The molecule has 0 aliphatic rings. The van der Waals surface area contributed by atoms with Crippen LogP contribution in [0.5, 0.6) is 0 Å². The van der Waals surface area contributed by atoms with Gasteiger partial charge in [-0.3, -0.25) is 9.36 Å². The Morgan fingerprint density at radius 3 is 2.05 bits per heavy atom. The average molecular weight is 284 g/mol. The molecule has 2 aromatic carbocycles. The molecule has 0 atom stereocenters. The maximum Gasteiger partial charge on any atom is 0.229 e. The van der Waals surface area contributed by atoms with Crippen molar-refractivity contribution >= 4 is 27.7 Å². The topological polar surface area (TPSA) is 34.9 Å². The lowest BCUT2D eigenvalue weighted by Gasteiger charge is -2.01. The molecule has 0 N–H and O–H groups in total. The summed E-state index contributed by atoms with van der Waals surface area (Å²) in [6, 6.07) is 12.1. The molecular weight excluding hydrogens is 260 g/mol. The number of benzene rings is 2. The van der Waals surface area contributed by atoms with Crippen LogP contribution < -0.4 is 0 Å². The predicted octanol–water partition coefficient (Wildman–Crippen LogP) is 5.21. The summed E-state index contributed by atoms with van der Waals surface area (Å²) in [5, 5.41) is 2.27. The van der Waals surface area contributed by atoms with Crippen LogP contribution in [0.3, 0.4) is 0 Å². The molecule has 0 spiro atoms. The van der Waals surface area contributed by atoms with Gasteiger partial charge in [0.2, 0.25) is 5.91 Å². The lowest BCUT2D eigenvalue weighted by molar-refractivity contribution is 0.0939. The fourth-order valence-electron chi connectivity index (χ4n) is 2.28. The molecule has 0 bridgehead atoms. The monoisotopic (exact) mass is 284 g/mol. The fraction of sp³-hybridized carbons (Fsp3) is 0.333. The van der Waals surface area contributed by atoms with E-state index in [0.29, 0.717) is 0 Å². The van der Waals surface area contributed by atoms with Crippen molar-refractivity contribution in [2.45, 2.75) is 41.5 Å². The number of hydrogen-bond acceptors (Lipinski definition) is 2. The minimum Gasteiger partial charge on any atom is -0.274 e. The van der Waals surface area contributed by atoms with E-state index in [2.05, 4.69) is 11.1 Å². The first-order valence-electron chi connectivity index (χ1n) is 7.55. The number of hydrogen-bond donors (Lipinski definition) is 0. The normalized spacial score (nSPS) is 9.62. The Labute approximate surface area is 126 Å². The van der Waals surface area contributed by atoms with E-state index in [1.807, 2.05) is 65.0 Å². The highest BCUT2D eigenvalue weighted by atomic mass is 16.1. The molecular formula is C18H24N2O. The molecule has 0 fully saturated rings. The number of carbonyl (C=O) groups is 1. The molecule has 3 aromatic rings. The van der Waals surface area contributed by atoms with Gasteiger partial charge in [-0.15, -0.1) is 0 Å². The third-order valence-electron chi connectivity index (χ3n) is 3.00. The second kappa shape index (κ2) is 7.58. The minimum absolute atomic E-state index is 0.000260. The molecule has 0 radical (unpaired) electrons. The molecule has 3 rings (SSSR count). The zero-order valence-electron chi connectivity index (χ0n) is 13.8. The van der Waals surface area contributed by atoms with Crippen molar-refractivity contribution in [1.29, 1.82) is 0 Å². The number of carbonyl (C=O) groups excluding carboxylic acids is 1. The molecule has 21 heavy (non-hydrogen) atoms. The number of fused-ring (bicyclic) bond motifs is 2. The summed E-state index contributed by atoms with van der Waals surface area (Å²) in [5.41, 5.74) is 1.75. The Bertz CT molecular complexity index is 741. The number of nitrogens with zero attached hydrogens (tertiary/aromatic N) is 2. The highest BCUT2D eigenvalue weighted by Gasteiger charge is 2.11. The summed E-state index contributed by atoms with van der Waals surface area (Å²) in [5.74, 6) is 0.739. The van der Waals surface area contributed by atoms with Crippen molar-refractivity contribution in [1.82, 2.24) is 9.55 Å². The quantitative estimate of drug-likeness (QED) is 0.568. The van der Waals surface area contributed by atoms with Gasteiger partial charge in [-0.25, -0.2) is 4.98 Å². The first-order valence-corrected chi connectivity index (χ1v) is 7.55. The van der Waals surface area contributed by atoms with Gasteiger partial charge in [-0.1, -0.05) is 52.0 Å². The van der Waals surface area contributed by atoms with Crippen molar-refractivity contribution in [3.8, 4) is 0 Å². The van der Waals surface area contributed by atoms with Crippen LogP contribution in [0.4, 0.5) is 0 Å². The van der Waals surface area contributed by atoms with E-state index >= 15 is 0 Å². The van der Waals surface area contributed by atoms with Crippen molar-refractivity contribution in [2.75, 3.05) is 0 Å². The highest BCUT2D eigenvalue weighted by molar-refractivity contribution is 5.99. The molecule has 3 heteroatoms. The molecule has 3 nitrogen and oxygen atoms in total. The van der Waals surface area contributed by atoms with Gasteiger partial charge in [0, 0.05) is 6.92 Å². The minimum atomic E-state index is 0.000260. The highest BCUT2D eigenvalue weighted by Crippen LogP contribution is 2.23. The Morgan fingerprint density at radius 2 is 1.52 bits per heavy atom. The van der Waals surface area contributed by atoms with Crippen LogP contribution in [-0.2, 0) is 0 Å². The van der Waals surface area contributed by atoms with Crippen LogP contribution in [0, 0.1) is 6.92 Å². The summed E-state index contributed by atoms with van der Waals surface area (Å²) in [6.07, 6.45) is 0. The lowest BCUT2D eigenvalue weighted by atomic mass is 10.1. The Kier molecular flexibility index (Phi) is 6.10. The van der Waals surface area contributed by atoms with E-state index < -0.39 is 0 Å². The van der Waals surface area contributed by atoms with Crippen LogP contribution >= 0.6 is 0 Å². The maximum absolute atomic E-state index is 11.6. The molecule has 1 aromatic heterocycles. The van der Waals surface area contributed by atoms with Gasteiger partial charge in [0.05, 0.1) is 11.0 Å². The Hall–Kier alpha value is -2.16. The molecule has 112 valence electrons. The predicted molar refractivity (Wildman–Crippen MR) is 91.0 cm³/mol. The van der Waals surface area contributed by atoms with E-state index in [9.17, 15) is 4.79 Å². The van der Waals surface area contributed by atoms with E-state index in [0.717, 1.165) is 27.6 Å². The largest absolute Gasteiger partial charge is 0.274 e. The zero-order chi connectivity index (χ0) is 16.0. The van der Waals surface area contributed by atoms with E-state index in [-0.39, 0.29) is 5.91 Å². The summed E-state index contributed by atoms with van der Waals surface area (Å²) >= 11 is 0. The number of rotatable bonds is 0. The first kappa shape index (κ1) is 16.9. The summed E-state index contributed by atoms with van der Waals surface area (Å²) in [7, 11) is 0. The van der Waals surface area contributed by atoms with Crippen LogP contribution in [-0.4, -0.2) is 15.5 Å². The van der Waals surface area contributed by atoms with Crippen LogP contribution in [0.2, 0.25) is 0 Å². The molecule has 1 heterocycles. The zero-order valence-corrected chi connectivity index (χ0v) is 13.8.